The molecule has 0 bridgehead atoms. The van der Waals surface area contributed by atoms with Crippen LogP contribution in [0.2, 0.25) is 0 Å². The molecule has 1 fully saturated rings. The van der Waals surface area contributed by atoms with Gasteiger partial charge in [-0.05, 0) is 57.0 Å². The molecule has 5 rings (SSSR count). The second kappa shape index (κ2) is 6.62. The normalized spacial score (nSPS) is 16.7. The fourth-order valence-electron chi connectivity index (χ4n) is 4.04. The van der Waals surface area contributed by atoms with E-state index in [-0.39, 0.29) is 5.91 Å². The van der Waals surface area contributed by atoms with Gasteiger partial charge in [-0.25, -0.2) is 9.67 Å². The van der Waals surface area contributed by atoms with E-state index in [1.54, 1.807) is 0 Å². The lowest BCUT2D eigenvalue weighted by atomic mass is 9.85. The van der Waals surface area contributed by atoms with E-state index in [0.717, 1.165) is 40.8 Å². The molecule has 0 radical (unpaired) electrons. The predicted octanol–water partition coefficient (Wildman–Crippen LogP) is 3.94. The van der Waals surface area contributed by atoms with Gasteiger partial charge in [0.25, 0.3) is 5.91 Å². The van der Waals surface area contributed by atoms with Crippen molar-refractivity contribution >= 4 is 5.91 Å². The Bertz CT molecular complexity index is 1030. The molecule has 3 aromatic rings. The molecular formula is C22H24N4O2. The Morgan fingerprint density at radius 1 is 1.18 bits per heavy atom. The molecular weight excluding hydrogens is 352 g/mol. The van der Waals surface area contributed by atoms with Crippen LogP contribution in [-0.4, -0.2) is 32.1 Å². The zero-order chi connectivity index (χ0) is 19.3. The molecule has 1 aliphatic heterocycles. The third kappa shape index (κ3) is 2.93. The molecule has 28 heavy (non-hydrogen) atoms. The number of hydrogen-bond donors (Lipinski definition) is 0. The number of nitrogens with zero attached hydrogens (tertiary/aromatic N) is 4. The molecule has 6 heteroatoms. The van der Waals surface area contributed by atoms with Gasteiger partial charge in [-0.1, -0.05) is 6.42 Å². The van der Waals surface area contributed by atoms with Crippen molar-refractivity contribution in [2.24, 2.45) is 0 Å². The molecule has 3 heterocycles. The number of aryl methyl sites for hydroxylation is 2. The summed E-state index contributed by atoms with van der Waals surface area (Å²) in [4.78, 5) is 19.5. The summed E-state index contributed by atoms with van der Waals surface area (Å²) in [5.74, 6) is 2.36. The van der Waals surface area contributed by atoms with E-state index in [1.807, 2.05) is 53.8 Å². The molecule has 0 N–H and O–H groups in total. The van der Waals surface area contributed by atoms with E-state index >= 15 is 0 Å². The first-order chi connectivity index (χ1) is 13.6. The molecule has 1 aliphatic carbocycles. The minimum atomic E-state index is 0.0405. The Balaban J connectivity index is 1.32. The van der Waals surface area contributed by atoms with E-state index in [2.05, 4.69) is 5.10 Å². The van der Waals surface area contributed by atoms with Crippen molar-refractivity contribution in [3.63, 3.8) is 0 Å². The molecule has 1 amide bonds. The number of fused-ring (bicyclic) bond motifs is 1. The van der Waals surface area contributed by atoms with Crippen LogP contribution in [0.25, 0.3) is 5.69 Å². The summed E-state index contributed by atoms with van der Waals surface area (Å²) in [5.41, 5.74) is 4.64. The van der Waals surface area contributed by atoms with Crippen LogP contribution in [0.5, 0.6) is 0 Å². The fraction of sp³-hybridized carbons (Fsp3) is 0.409. The van der Waals surface area contributed by atoms with Crippen molar-refractivity contribution in [1.29, 1.82) is 0 Å². The average Bonchev–Trinajstić information content (AvgIpc) is 3.21. The predicted molar refractivity (Wildman–Crippen MR) is 105 cm³/mol. The minimum absolute atomic E-state index is 0.0405. The summed E-state index contributed by atoms with van der Waals surface area (Å²) in [5, 5.41) is 4.50. The number of amides is 1. The Hall–Kier alpha value is -2.89. The number of benzene rings is 1. The van der Waals surface area contributed by atoms with E-state index in [1.165, 1.54) is 19.3 Å². The van der Waals surface area contributed by atoms with Gasteiger partial charge in [0.15, 0.2) is 5.89 Å². The van der Waals surface area contributed by atoms with E-state index in [0.29, 0.717) is 24.6 Å². The first kappa shape index (κ1) is 17.2. The number of oxazole rings is 1. The van der Waals surface area contributed by atoms with Crippen molar-refractivity contribution < 1.29 is 9.21 Å². The van der Waals surface area contributed by atoms with Gasteiger partial charge >= 0.3 is 0 Å². The van der Waals surface area contributed by atoms with Gasteiger partial charge in [0, 0.05) is 30.1 Å². The van der Waals surface area contributed by atoms with Crippen molar-refractivity contribution in [2.45, 2.75) is 52.0 Å². The maximum absolute atomic E-state index is 13.0. The summed E-state index contributed by atoms with van der Waals surface area (Å²) in [6.07, 6.45) is 4.34. The Labute approximate surface area is 164 Å². The van der Waals surface area contributed by atoms with Gasteiger partial charge in [0.05, 0.1) is 17.9 Å². The highest BCUT2D eigenvalue weighted by atomic mass is 16.4. The van der Waals surface area contributed by atoms with Crippen LogP contribution < -0.4 is 0 Å². The quantitative estimate of drug-likeness (QED) is 0.694. The SMILES string of the molecule is Cc1cc(C)n(-c2ccc(C(=O)N3CCc4oc(C5CCC5)nc4C3)cc2)n1. The standard InChI is InChI=1S/C22H24N4O2/c1-14-12-15(2)26(24-14)18-8-6-17(7-9-18)22(27)25-11-10-20-19(13-25)23-21(28-20)16-4-3-5-16/h6-9,12,16H,3-5,10-11,13H2,1-2H3. The van der Waals surface area contributed by atoms with Crippen LogP contribution in [0.15, 0.2) is 34.7 Å². The molecule has 1 aromatic carbocycles. The van der Waals surface area contributed by atoms with Crippen molar-refractivity contribution in [1.82, 2.24) is 19.7 Å². The van der Waals surface area contributed by atoms with Crippen LogP contribution in [0.3, 0.4) is 0 Å². The molecule has 0 spiro atoms. The first-order valence-corrected chi connectivity index (χ1v) is 10.00. The molecule has 0 unspecified atom stereocenters. The van der Waals surface area contributed by atoms with E-state index in [4.69, 9.17) is 9.40 Å². The van der Waals surface area contributed by atoms with Crippen molar-refractivity contribution in [2.75, 3.05) is 6.54 Å². The fourth-order valence-corrected chi connectivity index (χ4v) is 4.04. The lowest BCUT2D eigenvalue weighted by Gasteiger charge is -2.25. The molecule has 0 saturated heterocycles. The number of carbonyl (C=O) groups is 1. The van der Waals surface area contributed by atoms with Gasteiger partial charge in [0.2, 0.25) is 0 Å². The highest BCUT2D eigenvalue weighted by Crippen LogP contribution is 2.37. The molecule has 144 valence electrons. The van der Waals surface area contributed by atoms with Gasteiger partial charge in [-0.2, -0.15) is 5.10 Å². The second-order valence-corrected chi connectivity index (χ2v) is 7.91. The topological polar surface area (TPSA) is 64.2 Å². The monoisotopic (exact) mass is 376 g/mol. The third-order valence-corrected chi connectivity index (χ3v) is 5.85. The van der Waals surface area contributed by atoms with Crippen LogP contribution in [0, 0.1) is 13.8 Å². The summed E-state index contributed by atoms with van der Waals surface area (Å²) >= 11 is 0. The summed E-state index contributed by atoms with van der Waals surface area (Å²) in [6, 6.07) is 9.71. The molecule has 2 aliphatic rings. The number of carbonyl (C=O) groups excluding carboxylic acids is 1. The lowest BCUT2D eigenvalue weighted by Crippen LogP contribution is -2.35. The second-order valence-electron chi connectivity index (χ2n) is 7.91. The average molecular weight is 376 g/mol. The lowest BCUT2D eigenvalue weighted by molar-refractivity contribution is 0.0728. The highest BCUT2D eigenvalue weighted by Gasteiger charge is 2.30. The smallest absolute Gasteiger partial charge is 0.254 e. The maximum atomic E-state index is 13.0. The maximum Gasteiger partial charge on any atom is 0.254 e. The van der Waals surface area contributed by atoms with Crippen LogP contribution in [-0.2, 0) is 13.0 Å². The Kier molecular flexibility index (Phi) is 4.07. The van der Waals surface area contributed by atoms with Crippen LogP contribution in [0.1, 0.15) is 64.3 Å². The van der Waals surface area contributed by atoms with Gasteiger partial charge in [-0.3, -0.25) is 4.79 Å². The van der Waals surface area contributed by atoms with Gasteiger partial charge < -0.3 is 9.32 Å². The number of aromatic nitrogens is 3. The summed E-state index contributed by atoms with van der Waals surface area (Å²) in [7, 11) is 0. The van der Waals surface area contributed by atoms with Gasteiger partial charge in [0.1, 0.15) is 11.5 Å². The van der Waals surface area contributed by atoms with Crippen molar-refractivity contribution in [3.8, 4) is 5.69 Å². The summed E-state index contributed by atoms with van der Waals surface area (Å²) in [6.45, 7) is 5.21. The third-order valence-electron chi connectivity index (χ3n) is 5.85. The van der Waals surface area contributed by atoms with Gasteiger partial charge in [-0.15, -0.1) is 0 Å². The zero-order valence-corrected chi connectivity index (χ0v) is 16.3. The molecule has 2 aromatic heterocycles. The molecule has 6 nitrogen and oxygen atoms in total. The van der Waals surface area contributed by atoms with Crippen LogP contribution >= 0.6 is 0 Å². The number of hydrogen-bond acceptors (Lipinski definition) is 4. The van der Waals surface area contributed by atoms with Crippen molar-refractivity contribution in [3.05, 3.63) is 64.6 Å². The highest BCUT2D eigenvalue weighted by molar-refractivity contribution is 5.94. The number of rotatable bonds is 3. The Morgan fingerprint density at radius 3 is 2.61 bits per heavy atom. The largest absolute Gasteiger partial charge is 0.445 e. The summed E-state index contributed by atoms with van der Waals surface area (Å²) < 4.78 is 7.86. The Morgan fingerprint density at radius 2 is 1.96 bits per heavy atom. The van der Waals surface area contributed by atoms with Crippen LogP contribution in [0.4, 0.5) is 0 Å². The minimum Gasteiger partial charge on any atom is -0.445 e. The molecule has 1 saturated carbocycles. The van der Waals surface area contributed by atoms with E-state index in [9.17, 15) is 4.79 Å². The van der Waals surface area contributed by atoms with E-state index < -0.39 is 0 Å². The molecule has 0 atom stereocenters. The zero-order valence-electron chi connectivity index (χ0n) is 16.3. The first-order valence-electron chi connectivity index (χ1n) is 10.00.